The molecule has 0 spiro atoms. The first-order chi connectivity index (χ1) is 2.00. The molecule has 0 atom stereocenters. The molecule has 0 nitrogen and oxygen atoms in total. The van der Waals surface area contributed by atoms with Crippen molar-refractivity contribution >= 4 is 7.25 Å². The van der Waals surface area contributed by atoms with Gasteiger partial charge in [-0.25, -0.2) is 0 Å². The summed E-state index contributed by atoms with van der Waals surface area (Å²) in [4.78, 5) is 0. The van der Waals surface area contributed by atoms with Gasteiger partial charge < -0.3 is 23.4 Å². The molecule has 0 aliphatic rings. The van der Waals surface area contributed by atoms with Crippen molar-refractivity contribution in [2.75, 3.05) is 0 Å². The van der Waals surface area contributed by atoms with E-state index < -0.39 is 7.25 Å². The van der Waals surface area contributed by atoms with Crippen molar-refractivity contribution in [1.29, 1.82) is 0 Å². The van der Waals surface area contributed by atoms with E-state index in [1.54, 1.807) is 0 Å². The molecule has 0 aromatic carbocycles. The van der Waals surface area contributed by atoms with E-state index in [0.29, 0.717) is 0 Å². The SMILES string of the molecule is F[B-](F)(F)F.[F-].[H-].[K+].[K+].[K+]. The van der Waals surface area contributed by atoms with Gasteiger partial charge in [-0.2, -0.15) is 0 Å². The molecule has 9 heteroatoms. The van der Waals surface area contributed by atoms with Crippen LogP contribution < -0.4 is 159 Å². The van der Waals surface area contributed by atoms with Crippen LogP contribution in [-0.2, 0) is 0 Å². The Morgan fingerprint density at radius 3 is 0.778 bits per heavy atom. The van der Waals surface area contributed by atoms with E-state index in [2.05, 4.69) is 0 Å². The van der Waals surface area contributed by atoms with Crippen molar-refractivity contribution in [2.45, 2.75) is 0 Å². The Hall–Kier alpha value is 4.62. The summed E-state index contributed by atoms with van der Waals surface area (Å²) < 4.78 is 39.0. The minimum absolute atomic E-state index is 0. The van der Waals surface area contributed by atoms with Crippen LogP contribution in [0.3, 0.4) is 0 Å². The van der Waals surface area contributed by atoms with Crippen LogP contribution in [0.4, 0.5) is 17.3 Å². The van der Waals surface area contributed by atoms with Crippen molar-refractivity contribution in [3.8, 4) is 0 Å². The van der Waals surface area contributed by atoms with E-state index in [9.17, 15) is 17.3 Å². The number of hydrogen-bond donors (Lipinski definition) is 0. The predicted octanol–water partition coefficient (Wildman–Crippen LogP) is -10.6. The summed E-state index contributed by atoms with van der Waals surface area (Å²) in [6.45, 7) is 0. The van der Waals surface area contributed by atoms with Crippen molar-refractivity contribution in [3.63, 3.8) is 0 Å². The van der Waals surface area contributed by atoms with Crippen molar-refractivity contribution in [3.05, 3.63) is 0 Å². The maximum atomic E-state index is 9.75. The minimum Gasteiger partial charge on any atom is -1.00 e. The molecule has 0 rings (SSSR count). The topological polar surface area (TPSA) is 0 Å². The molecular weight excluding hydrogens is 223 g/mol. The smallest absolute Gasteiger partial charge is 1.00 e. The summed E-state index contributed by atoms with van der Waals surface area (Å²) in [6.07, 6.45) is 0. The maximum absolute atomic E-state index is 9.75. The number of hydrogen-bond acceptors (Lipinski definition) is 0. The van der Waals surface area contributed by atoms with Crippen LogP contribution >= 0.6 is 0 Å². The third-order valence-corrected chi connectivity index (χ3v) is 0. The molecule has 0 heterocycles. The van der Waals surface area contributed by atoms with Crippen LogP contribution in [0.15, 0.2) is 0 Å². The van der Waals surface area contributed by atoms with Crippen molar-refractivity contribution < 1.29 is 178 Å². The van der Waals surface area contributed by atoms with Gasteiger partial charge in [0.15, 0.2) is 0 Å². The second kappa shape index (κ2) is 15.1. The summed E-state index contributed by atoms with van der Waals surface area (Å²) in [5.41, 5.74) is 0. The van der Waals surface area contributed by atoms with E-state index in [4.69, 9.17) is 0 Å². The fourth-order valence-corrected chi connectivity index (χ4v) is 0. The molecule has 0 amide bonds. The van der Waals surface area contributed by atoms with Gasteiger partial charge in [-0.3, -0.25) is 0 Å². The first-order valence-corrected chi connectivity index (χ1v) is 0.873. The molecule has 0 saturated heterocycles. The first kappa shape index (κ1) is 29.2. The minimum atomic E-state index is -6.00. The second-order valence-electron chi connectivity index (χ2n) is 0.495. The Balaban J connectivity index is -0.00000000800. The van der Waals surface area contributed by atoms with Crippen LogP contribution in [0.25, 0.3) is 0 Å². The molecule has 9 heavy (non-hydrogen) atoms. The molecule has 0 aromatic heterocycles. The monoisotopic (exact) mass is 224 g/mol. The molecule has 0 radical (unpaired) electrons. The third kappa shape index (κ3) is 66.6. The fraction of sp³-hybridized carbons (Fsp3) is 0. The Labute approximate surface area is 179 Å². The largest absolute Gasteiger partial charge is 1.00 e. The van der Waals surface area contributed by atoms with E-state index >= 15 is 0 Å². The van der Waals surface area contributed by atoms with Crippen LogP contribution in [-0.4, -0.2) is 7.25 Å². The fourth-order valence-electron chi connectivity index (χ4n) is 0. The van der Waals surface area contributed by atoms with Gasteiger partial charge in [0, 0.05) is 0 Å². The zero-order valence-electron chi connectivity index (χ0n) is 6.47. The molecule has 0 N–H and O–H groups in total. The molecule has 0 aliphatic carbocycles. The normalized spacial score (nSPS) is 6.67. The van der Waals surface area contributed by atoms with E-state index in [0.717, 1.165) is 0 Å². The van der Waals surface area contributed by atoms with Gasteiger partial charge >= 0.3 is 161 Å². The summed E-state index contributed by atoms with van der Waals surface area (Å²) in [5.74, 6) is 0. The second-order valence-corrected chi connectivity index (χ2v) is 0.495. The third-order valence-electron chi connectivity index (χ3n) is 0. The van der Waals surface area contributed by atoms with Crippen molar-refractivity contribution in [2.24, 2.45) is 0 Å². The summed E-state index contributed by atoms with van der Waals surface area (Å²) in [5, 5.41) is 0. The maximum Gasteiger partial charge on any atom is 1.00 e. The zero-order chi connectivity index (χ0) is 4.50. The van der Waals surface area contributed by atoms with E-state index in [1.165, 1.54) is 0 Å². The molecule has 0 unspecified atom stereocenters. The van der Waals surface area contributed by atoms with Crippen LogP contribution in [0.5, 0.6) is 0 Å². The van der Waals surface area contributed by atoms with Gasteiger partial charge in [-0.1, -0.05) is 0 Å². The van der Waals surface area contributed by atoms with E-state index in [-0.39, 0.29) is 160 Å². The molecule has 0 fully saturated rings. The number of rotatable bonds is 0. The quantitative estimate of drug-likeness (QED) is 0.283. The summed E-state index contributed by atoms with van der Waals surface area (Å²) >= 11 is 0. The molecule has 0 aromatic rings. The first-order valence-electron chi connectivity index (χ1n) is 0.873. The van der Waals surface area contributed by atoms with Gasteiger partial charge in [-0.05, 0) is 0 Å². The summed E-state index contributed by atoms with van der Waals surface area (Å²) in [7, 11) is -6.00. The van der Waals surface area contributed by atoms with Crippen LogP contribution in [0, 0.1) is 0 Å². The van der Waals surface area contributed by atoms with Gasteiger partial charge in [0.25, 0.3) is 0 Å². The molecule has 42 valence electrons. The summed E-state index contributed by atoms with van der Waals surface area (Å²) in [6, 6.07) is 0. The average molecular weight is 224 g/mol. The van der Waals surface area contributed by atoms with Gasteiger partial charge in [0.2, 0.25) is 0 Å². The Kier molecular flexibility index (Phi) is 49.0. The van der Waals surface area contributed by atoms with Gasteiger partial charge in [0.05, 0.1) is 0 Å². The Morgan fingerprint density at radius 1 is 0.778 bits per heavy atom. The predicted molar refractivity (Wildman–Crippen MR) is 11.3 cm³/mol. The van der Waals surface area contributed by atoms with Crippen LogP contribution in [0.2, 0.25) is 0 Å². The Morgan fingerprint density at radius 2 is 0.778 bits per heavy atom. The standard InChI is InChI=1S/BF4.FH.3K.H/c2-1(3,4)5;;;;;/h;1H;;;;/q-1;;3*+1;-1/p-1. The van der Waals surface area contributed by atoms with Crippen molar-refractivity contribution in [1.82, 2.24) is 0 Å². The van der Waals surface area contributed by atoms with Gasteiger partial charge in [-0.15, -0.1) is 0 Å². The molecule has 0 bridgehead atoms. The average Bonchev–Trinajstić information content (AvgIpc) is 0.722. The molecule has 0 saturated carbocycles. The molecular formula is HBF5K3. The Bertz CT molecular complexity index is 32.4. The van der Waals surface area contributed by atoms with Crippen LogP contribution in [0.1, 0.15) is 1.43 Å². The van der Waals surface area contributed by atoms with Gasteiger partial charge in [0.1, 0.15) is 0 Å². The van der Waals surface area contributed by atoms with E-state index in [1.807, 2.05) is 0 Å². The number of halogens is 5. The molecule has 0 aliphatic heterocycles. The zero-order valence-corrected chi connectivity index (χ0v) is 14.8.